The zero-order valence-corrected chi connectivity index (χ0v) is 11.0. The SMILES string of the molecule is COCOC(c1ccc(O)cc1C)(C(F)(F)F)C(F)(F)F. The first-order chi connectivity index (χ1) is 9.47. The summed E-state index contributed by atoms with van der Waals surface area (Å²) in [5, 5.41) is 9.16. The van der Waals surface area contributed by atoms with Gasteiger partial charge in [-0.1, -0.05) is 6.07 Å². The first kappa shape index (κ1) is 17.6. The van der Waals surface area contributed by atoms with E-state index in [9.17, 15) is 26.3 Å². The molecule has 0 atom stereocenters. The third-order valence-corrected chi connectivity index (χ3v) is 2.78. The lowest BCUT2D eigenvalue weighted by Crippen LogP contribution is -2.56. The average molecular weight is 318 g/mol. The van der Waals surface area contributed by atoms with Crippen LogP contribution in [0, 0.1) is 6.92 Å². The molecule has 1 N–H and O–H groups in total. The van der Waals surface area contributed by atoms with Gasteiger partial charge in [-0.25, -0.2) is 0 Å². The predicted molar refractivity (Wildman–Crippen MR) is 59.6 cm³/mol. The second-order valence-corrected chi connectivity index (χ2v) is 4.23. The molecule has 0 aliphatic heterocycles. The molecule has 9 heteroatoms. The summed E-state index contributed by atoms with van der Waals surface area (Å²) in [6.07, 6.45) is -11.5. The fourth-order valence-electron chi connectivity index (χ4n) is 1.90. The van der Waals surface area contributed by atoms with Crippen molar-refractivity contribution < 1.29 is 40.9 Å². The molecule has 0 aliphatic carbocycles. The van der Waals surface area contributed by atoms with Crippen LogP contribution < -0.4 is 0 Å². The highest BCUT2D eigenvalue weighted by Gasteiger charge is 2.73. The van der Waals surface area contributed by atoms with Crippen molar-refractivity contribution in [2.75, 3.05) is 13.9 Å². The Bertz CT molecular complexity index is 481. The Morgan fingerprint density at radius 3 is 1.95 bits per heavy atom. The van der Waals surface area contributed by atoms with Crippen LogP contribution in [0.4, 0.5) is 26.3 Å². The molecule has 3 nitrogen and oxygen atoms in total. The number of hydrogen-bond donors (Lipinski definition) is 1. The van der Waals surface area contributed by atoms with Crippen molar-refractivity contribution in [2.45, 2.75) is 24.9 Å². The standard InChI is InChI=1S/C12H12F6O3/c1-7-5-8(19)3-4-9(7)10(11(13,14)15,12(16,17)18)21-6-20-2/h3-5,19H,6H2,1-2H3. The maximum absolute atomic E-state index is 13.2. The lowest BCUT2D eigenvalue weighted by molar-refractivity contribution is -0.400. The average Bonchev–Trinajstić information content (AvgIpc) is 2.28. The summed E-state index contributed by atoms with van der Waals surface area (Å²) in [5.74, 6) is -0.457. The maximum Gasteiger partial charge on any atom is 0.430 e. The Labute approximate surface area is 116 Å². The van der Waals surface area contributed by atoms with Crippen molar-refractivity contribution in [1.29, 1.82) is 0 Å². The van der Waals surface area contributed by atoms with Gasteiger partial charge in [-0.15, -0.1) is 0 Å². The minimum absolute atomic E-state index is 0.416. The van der Waals surface area contributed by atoms with Gasteiger partial charge < -0.3 is 14.6 Å². The van der Waals surface area contributed by atoms with Crippen LogP contribution in [0.3, 0.4) is 0 Å². The zero-order chi connectivity index (χ0) is 16.5. The Morgan fingerprint density at radius 1 is 1.05 bits per heavy atom. The number of aromatic hydroxyl groups is 1. The number of benzene rings is 1. The number of ether oxygens (including phenoxy) is 2. The number of aryl methyl sites for hydroxylation is 1. The van der Waals surface area contributed by atoms with Crippen LogP contribution >= 0.6 is 0 Å². The maximum atomic E-state index is 13.2. The minimum atomic E-state index is -5.77. The fraction of sp³-hybridized carbons (Fsp3) is 0.500. The van der Waals surface area contributed by atoms with Crippen molar-refractivity contribution >= 4 is 0 Å². The van der Waals surface area contributed by atoms with Crippen molar-refractivity contribution in [2.24, 2.45) is 0 Å². The van der Waals surface area contributed by atoms with Gasteiger partial charge in [0.1, 0.15) is 12.5 Å². The highest BCUT2D eigenvalue weighted by atomic mass is 19.4. The number of halogens is 6. The summed E-state index contributed by atoms with van der Waals surface area (Å²) in [5.41, 5.74) is -6.11. The molecule has 0 aliphatic rings. The molecular weight excluding hydrogens is 306 g/mol. The first-order valence-corrected chi connectivity index (χ1v) is 5.54. The smallest absolute Gasteiger partial charge is 0.430 e. The molecule has 0 amide bonds. The summed E-state index contributed by atoms with van der Waals surface area (Å²) < 4.78 is 87.4. The van der Waals surface area contributed by atoms with E-state index in [0.29, 0.717) is 6.07 Å². The minimum Gasteiger partial charge on any atom is -0.508 e. The lowest BCUT2D eigenvalue weighted by Gasteiger charge is -2.37. The van der Waals surface area contributed by atoms with Crippen LogP contribution in [0.1, 0.15) is 11.1 Å². The molecule has 0 bridgehead atoms. The quantitative estimate of drug-likeness (QED) is 0.680. The van der Waals surface area contributed by atoms with E-state index < -0.39 is 41.6 Å². The van der Waals surface area contributed by atoms with Crippen molar-refractivity contribution in [1.82, 2.24) is 0 Å². The molecule has 120 valence electrons. The van der Waals surface area contributed by atoms with Gasteiger partial charge in [0.15, 0.2) is 0 Å². The summed E-state index contributed by atoms with van der Waals surface area (Å²) in [6.45, 7) is -0.198. The third kappa shape index (κ3) is 3.08. The summed E-state index contributed by atoms with van der Waals surface area (Å²) >= 11 is 0. The molecule has 0 unspecified atom stereocenters. The Kier molecular flexibility index (Phi) is 4.79. The van der Waals surface area contributed by atoms with Gasteiger partial charge in [0, 0.05) is 12.7 Å². The second-order valence-electron chi connectivity index (χ2n) is 4.23. The van der Waals surface area contributed by atoms with E-state index in [2.05, 4.69) is 9.47 Å². The van der Waals surface area contributed by atoms with Crippen LogP contribution in [-0.2, 0) is 15.1 Å². The molecule has 0 saturated carbocycles. The van der Waals surface area contributed by atoms with Gasteiger partial charge in [0.2, 0.25) is 0 Å². The third-order valence-electron chi connectivity index (χ3n) is 2.78. The molecule has 0 aromatic heterocycles. The second kappa shape index (κ2) is 5.72. The normalized spacial score (nSPS) is 13.5. The number of methoxy groups -OCH3 is 1. The van der Waals surface area contributed by atoms with Crippen LogP contribution in [0.15, 0.2) is 18.2 Å². The zero-order valence-electron chi connectivity index (χ0n) is 11.0. The van der Waals surface area contributed by atoms with E-state index in [-0.39, 0.29) is 0 Å². The Balaban J connectivity index is 3.63. The Morgan fingerprint density at radius 2 is 1.57 bits per heavy atom. The highest BCUT2D eigenvalue weighted by molar-refractivity contribution is 5.39. The van der Waals surface area contributed by atoms with Gasteiger partial charge in [-0.3, -0.25) is 0 Å². The van der Waals surface area contributed by atoms with Crippen LogP contribution in [0.25, 0.3) is 0 Å². The van der Waals surface area contributed by atoms with E-state index in [0.717, 1.165) is 26.2 Å². The molecular formula is C12H12F6O3. The van der Waals surface area contributed by atoms with Gasteiger partial charge in [-0.05, 0) is 24.6 Å². The lowest BCUT2D eigenvalue weighted by atomic mass is 9.88. The molecule has 21 heavy (non-hydrogen) atoms. The topological polar surface area (TPSA) is 38.7 Å². The van der Waals surface area contributed by atoms with Gasteiger partial charge in [-0.2, -0.15) is 26.3 Å². The van der Waals surface area contributed by atoms with E-state index >= 15 is 0 Å². The molecule has 0 heterocycles. The molecule has 0 radical (unpaired) electrons. The number of hydrogen-bond acceptors (Lipinski definition) is 3. The summed E-state index contributed by atoms with van der Waals surface area (Å²) in [6, 6.07) is 2.05. The number of rotatable bonds is 4. The molecule has 0 fully saturated rings. The fourth-order valence-corrected chi connectivity index (χ4v) is 1.90. The van der Waals surface area contributed by atoms with Crippen molar-refractivity contribution in [3.05, 3.63) is 29.3 Å². The molecule has 1 rings (SSSR count). The monoisotopic (exact) mass is 318 g/mol. The number of phenolic OH excluding ortho intramolecular Hbond substituents is 1. The highest BCUT2D eigenvalue weighted by Crippen LogP contribution is 2.53. The molecule has 0 spiro atoms. The van der Waals surface area contributed by atoms with E-state index in [4.69, 9.17) is 5.11 Å². The van der Waals surface area contributed by atoms with Gasteiger partial charge in [0.25, 0.3) is 5.60 Å². The van der Waals surface area contributed by atoms with Crippen LogP contribution in [-0.4, -0.2) is 31.4 Å². The van der Waals surface area contributed by atoms with Crippen LogP contribution in [0.5, 0.6) is 5.75 Å². The van der Waals surface area contributed by atoms with E-state index in [1.165, 1.54) is 0 Å². The van der Waals surface area contributed by atoms with Gasteiger partial charge in [0.05, 0.1) is 0 Å². The number of phenols is 1. The Hall–Kier alpha value is -1.48. The van der Waals surface area contributed by atoms with E-state index in [1.807, 2.05) is 0 Å². The summed E-state index contributed by atoms with van der Waals surface area (Å²) in [4.78, 5) is 0. The predicted octanol–water partition coefficient (Wildman–Crippen LogP) is 3.64. The van der Waals surface area contributed by atoms with Crippen LogP contribution in [0.2, 0.25) is 0 Å². The molecule has 1 aromatic carbocycles. The first-order valence-electron chi connectivity index (χ1n) is 5.54. The largest absolute Gasteiger partial charge is 0.508 e. The summed E-state index contributed by atoms with van der Waals surface area (Å²) in [7, 11) is 0.904. The van der Waals surface area contributed by atoms with Gasteiger partial charge >= 0.3 is 12.4 Å². The molecule has 0 saturated heterocycles. The number of alkyl halides is 6. The van der Waals surface area contributed by atoms with Crippen molar-refractivity contribution in [3.8, 4) is 5.75 Å². The molecule has 1 aromatic rings. The van der Waals surface area contributed by atoms with E-state index in [1.54, 1.807) is 0 Å². The van der Waals surface area contributed by atoms with Crippen molar-refractivity contribution in [3.63, 3.8) is 0 Å².